The number of alkyl halides is 1. The van der Waals surface area contributed by atoms with Crippen molar-refractivity contribution in [3.8, 4) is 0 Å². The molecule has 3 heteroatoms. The van der Waals surface area contributed by atoms with E-state index in [2.05, 4.69) is 35.1 Å². The fourth-order valence-electron chi connectivity index (χ4n) is 1.81. The molecule has 0 aliphatic carbocycles. The number of halogens is 1. The molecular formula is C13H15ClN2. The van der Waals surface area contributed by atoms with Crippen molar-refractivity contribution in [1.82, 2.24) is 9.88 Å². The van der Waals surface area contributed by atoms with Crippen LogP contribution in [0.15, 0.2) is 36.5 Å². The Bertz CT molecular complexity index is 465. The second kappa shape index (κ2) is 5.28. The summed E-state index contributed by atoms with van der Waals surface area (Å²) in [6.45, 7) is 1.81. The van der Waals surface area contributed by atoms with Crippen LogP contribution in [0.25, 0.3) is 10.9 Å². The molecule has 1 aromatic carbocycles. The van der Waals surface area contributed by atoms with Crippen molar-refractivity contribution >= 4 is 22.5 Å². The van der Waals surface area contributed by atoms with Crippen LogP contribution in [0.2, 0.25) is 0 Å². The van der Waals surface area contributed by atoms with E-state index < -0.39 is 0 Å². The number of pyridine rings is 1. The molecular weight excluding hydrogens is 220 g/mol. The Morgan fingerprint density at radius 2 is 2.06 bits per heavy atom. The van der Waals surface area contributed by atoms with Crippen LogP contribution in [0, 0.1) is 0 Å². The highest BCUT2D eigenvalue weighted by Gasteiger charge is 2.04. The van der Waals surface area contributed by atoms with Gasteiger partial charge in [-0.05, 0) is 24.7 Å². The fourth-order valence-corrected chi connectivity index (χ4v) is 2.10. The summed E-state index contributed by atoms with van der Waals surface area (Å²) in [5.74, 6) is 0.666. The third kappa shape index (κ3) is 2.52. The first-order chi connectivity index (χ1) is 7.81. The lowest BCUT2D eigenvalue weighted by Gasteiger charge is -2.16. The highest BCUT2D eigenvalue weighted by molar-refractivity contribution is 6.18. The Labute approximate surface area is 101 Å². The van der Waals surface area contributed by atoms with Crippen molar-refractivity contribution in [2.24, 2.45) is 0 Å². The number of fused-ring (bicyclic) bond motifs is 1. The van der Waals surface area contributed by atoms with E-state index in [1.807, 2.05) is 18.3 Å². The van der Waals surface area contributed by atoms with Gasteiger partial charge in [0.25, 0.3) is 0 Å². The van der Waals surface area contributed by atoms with Crippen molar-refractivity contribution in [2.75, 3.05) is 19.5 Å². The van der Waals surface area contributed by atoms with Crippen LogP contribution in [0.5, 0.6) is 0 Å². The first-order valence-corrected chi connectivity index (χ1v) is 5.92. The van der Waals surface area contributed by atoms with E-state index >= 15 is 0 Å². The molecule has 0 fully saturated rings. The van der Waals surface area contributed by atoms with E-state index in [1.165, 1.54) is 10.9 Å². The Kier molecular flexibility index (Phi) is 3.75. The van der Waals surface area contributed by atoms with E-state index in [4.69, 9.17) is 11.6 Å². The van der Waals surface area contributed by atoms with Crippen molar-refractivity contribution < 1.29 is 0 Å². The lowest BCUT2D eigenvalue weighted by Crippen LogP contribution is -2.20. The summed E-state index contributed by atoms with van der Waals surface area (Å²) in [7, 11) is 2.08. The summed E-state index contributed by atoms with van der Waals surface area (Å²) in [6, 6.07) is 10.3. The lowest BCUT2D eigenvalue weighted by molar-refractivity contribution is 0.349. The monoisotopic (exact) mass is 234 g/mol. The van der Waals surface area contributed by atoms with Gasteiger partial charge in [-0.15, -0.1) is 11.6 Å². The minimum absolute atomic E-state index is 0.666. The minimum Gasteiger partial charge on any atom is -0.301 e. The highest BCUT2D eigenvalue weighted by Crippen LogP contribution is 2.17. The molecule has 0 saturated heterocycles. The van der Waals surface area contributed by atoms with Gasteiger partial charge in [-0.2, -0.15) is 0 Å². The summed E-state index contributed by atoms with van der Waals surface area (Å²) in [5.41, 5.74) is 2.36. The molecule has 2 nitrogen and oxygen atoms in total. The number of nitrogens with zero attached hydrogens (tertiary/aromatic N) is 2. The second-order valence-electron chi connectivity index (χ2n) is 3.91. The quantitative estimate of drug-likeness (QED) is 0.757. The van der Waals surface area contributed by atoms with Gasteiger partial charge in [-0.1, -0.05) is 18.2 Å². The predicted molar refractivity (Wildman–Crippen MR) is 68.8 cm³/mol. The number of benzene rings is 1. The highest BCUT2D eigenvalue weighted by atomic mass is 35.5. The molecule has 1 heterocycles. The largest absolute Gasteiger partial charge is 0.301 e. The Morgan fingerprint density at radius 3 is 2.88 bits per heavy atom. The Morgan fingerprint density at radius 1 is 1.25 bits per heavy atom. The maximum atomic E-state index is 5.73. The van der Waals surface area contributed by atoms with Gasteiger partial charge in [0, 0.05) is 30.6 Å². The zero-order valence-corrected chi connectivity index (χ0v) is 10.1. The number of hydrogen-bond donors (Lipinski definition) is 0. The van der Waals surface area contributed by atoms with E-state index in [0.717, 1.165) is 18.6 Å². The third-order valence-corrected chi connectivity index (χ3v) is 2.81. The second-order valence-corrected chi connectivity index (χ2v) is 4.29. The normalized spacial score (nSPS) is 11.2. The van der Waals surface area contributed by atoms with Crippen molar-refractivity contribution in [1.29, 1.82) is 0 Å². The molecule has 0 spiro atoms. The van der Waals surface area contributed by atoms with E-state index in [-0.39, 0.29) is 0 Å². The average molecular weight is 235 g/mol. The number of para-hydroxylation sites is 1. The van der Waals surface area contributed by atoms with Crippen LogP contribution >= 0.6 is 11.6 Å². The molecule has 2 rings (SSSR count). The van der Waals surface area contributed by atoms with Gasteiger partial charge >= 0.3 is 0 Å². The third-order valence-electron chi connectivity index (χ3n) is 2.65. The fraction of sp³-hybridized carbons (Fsp3) is 0.308. The molecule has 2 aromatic rings. The average Bonchev–Trinajstić information content (AvgIpc) is 2.30. The summed E-state index contributed by atoms with van der Waals surface area (Å²) >= 11 is 5.73. The molecule has 16 heavy (non-hydrogen) atoms. The summed E-state index contributed by atoms with van der Waals surface area (Å²) in [5, 5.41) is 1.23. The molecule has 0 radical (unpaired) electrons. The molecule has 0 N–H and O–H groups in total. The standard InChI is InChI=1S/C13H15ClN2/c1-16(9-7-14)10-11-6-8-15-13-5-3-2-4-12(11)13/h2-6,8H,7,9-10H2,1H3. The maximum absolute atomic E-state index is 5.73. The van der Waals surface area contributed by atoms with Crippen LogP contribution in [0.4, 0.5) is 0 Å². The summed E-state index contributed by atoms with van der Waals surface area (Å²) in [6.07, 6.45) is 1.87. The van der Waals surface area contributed by atoms with Gasteiger partial charge in [0.05, 0.1) is 5.52 Å². The molecule has 0 unspecified atom stereocenters. The predicted octanol–water partition coefficient (Wildman–Crippen LogP) is 2.91. The van der Waals surface area contributed by atoms with Crippen LogP contribution in [0.1, 0.15) is 5.56 Å². The SMILES string of the molecule is CN(CCCl)Cc1ccnc2ccccc12. The number of aromatic nitrogens is 1. The van der Waals surface area contributed by atoms with Gasteiger partial charge in [0.2, 0.25) is 0 Å². The topological polar surface area (TPSA) is 16.1 Å². The smallest absolute Gasteiger partial charge is 0.0705 e. The molecule has 0 aliphatic rings. The van der Waals surface area contributed by atoms with Gasteiger partial charge in [-0.25, -0.2) is 0 Å². The maximum Gasteiger partial charge on any atom is 0.0705 e. The van der Waals surface area contributed by atoms with E-state index in [1.54, 1.807) is 0 Å². The van der Waals surface area contributed by atoms with Crippen LogP contribution in [-0.4, -0.2) is 29.4 Å². The van der Waals surface area contributed by atoms with Crippen LogP contribution in [0.3, 0.4) is 0 Å². The van der Waals surface area contributed by atoms with Crippen LogP contribution in [-0.2, 0) is 6.54 Å². The summed E-state index contributed by atoms with van der Waals surface area (Å²) < 4.78 is 0. The first-order valence-electron chi connectivity index (χ1n) is 5.38. The van der Waals surface area contributed by atoms with Gasteiger partial charge in [0.1, 0.15) is 0 Å². The molecule has 1 aromatic heterocycles. The zero-order chi connectivity index (χ0) is 11.4. The molecule has 84 valence electrons. The van der Waals surface area contributed by atoms with Crippen molar-refractivity contribution in [2.45, 2.75) is 6.54 Å². The summed E-state index contributed by atoms with van der Waals surface area (Å²) in [4.78, 5) is 6.57. The molecule has 0 atom stereocenters. The number of hydrogen-bond acceptors (Lipinski definition) is 2. The Hall–Kier alpha value is -1.12. The molecule has 0 saturated carbocycles. The Balaban J connectivity index is 2.30. The van der Waals surface area contributed by atoms with Gasteiger partial charge < -0.3 is 4.90 Å². The first kappa shape index (κ1) is 11.4. The molecule has 0 aliphatic heterocycles. The zero-order valence-electron chi connectivity index (χ0n) is 9.36. The van der Waals surface area contributed by atoms with Crippen LogP contribution < -0.4 is 0 Å². The van der Waals surface area contributed by atoms with Crippen molar-refractivity contribution in [3.05, 3.63) is 42.1 Å². The number of rotatable bonds is 4. The minimum atomic E-state index is 0.666. The van der Waals surface area contributed by atoms with E-state index in [0.29, 0.717) is 5.88 Å². The molecule has 0 amide bonds. The van der Waals surface area contributed by atoms with Crippen molar-refractivity contribution in [3.63, 3.8) is 0 Å². The van der Waals surface area contributed by atoms with Gasteiger partial charge in [0.15, 0.2) is 0 Å². The van der Waals surface area contributed by atoms with E-state index in [9.17, 15) is 0 Å². The molecule has 0 bridgehead atoms. The lowest BCUT2D eigenvalue weighted by atomic mass is 10.1. The van der Waals surface area contributed by atoms with Gasteiger partial charge in [-0.3, -0.25) is 4.98 Å².